The van der Waals surface area contributed by atoms with Gasteiger partial charge >= 0.3 is 0 Å². The molecule has 1 aliphatic rings. The van der Waals surface area contributed by atoms with E-state index in [0.717, 1.165) is 16.7 Å². The summed E-state index contributed by atoms with van der Waals surface area (Å²) < 4.78 is 7.74. The number of benzene rings is 2. The predicted octanol–water partition coefficient (Wildman–Crippen LogP) is 2.38. The Morgan fingerprint density at radius 1 is 1.03 bits per heavy atom. The zero-order valence-corrected chi connectivity index (χ0v) is 16.1. The van der Waals surface area contributed by atoms with Crippen molar-refractivity contribution >= 4 is 17.0 Å². The number of nitrogens with two attached hydrogens (primary N) is 1. The Kier molecular flexibility index (Phi) is 4.66. The average molecular weight is 403 g/mol. The second kappa shape index (κ2) is 7.49. The number of imidazole rings is 1. The summed E-state index contributed by atoms with van der Waals surface area (Å²) in [5.74, 6) is 0.891. The van der Waals surface area contributed by atoms with E-state index in [1.165, 1.54) is 6.33 Å². The number of hydrogen-bond acceptors (Lipinski definition) is 7. The van der Waals surface area contributed by atoms with E-state index >= 15 is 0 Å². The third-order valence-corrected chi connectivity index (χ3v) is 5.41. The van der Waals surface area contributed by atoms with Crippen molar-refractivity contribution in [2.24, 2.45) is 0 Å². The van der Waals surface area contributed by atoms with E-state index in [9.17, 15) is 10.2 Å². The molecule has 4 aromatic rings. The van der Waals surface area contributed by atoms with Gasteiger partial charge in [0, 0.05) is 12.0 Å². The number of nitrogens with zero attached hydrogens (tertiary/aromatic N) is 4. The highest BCUT2D eigenvalue weighted by Crippen LogP contribution is 2.37. The van der Waals surface area contributed by atoms with Crippen molar-refractivity contribution < 1.29 is 14.9 Å². The molecule has 0 radical (unpaired) electrons. The molecule has 5 rings (SSSR count). The van der Waals surface area contributed by atoms with Crippen LogP contribution in [-0.2, 0) is 4.74 Å². The lowest BCUT2D eigenvalue weighted by Gasteiger charge is -2.17. The van der Waals surface area contributed by atoms with Gasteiger partial charge in [-0.25, -0.2) is 15.0 Å². The predicted molar refractivity (Wildman–Crippen MR) is 112 cm³/mol. The minimum Gasteiger partial charge on any atom is -0.394 e. The number of rotatable bonds is 4. The van der Waals surface area contributed by atoms with Gasteiger partial charge in [-0.2, -0.15) is 0 Å². The molecule has 8 heteroatoms. The largest absolute Gasteiger partial charge is 0.394 e. The highest BCUT2D eigenvalue weighted by Gasteiger charge is 2.37. The molecule has 8 nitrogen and oxygen atoms in total. The van der Waals surface area contributed by atoms with Gasteiger partial charge in [-0.05, 0) is 17.2 Å². The maximum atomic E-state index is 10.3. The van der Waals surface area contributed by atoms with Crippen LogP contribution in [0.25, 0.3) is 33.7 Å². The first kappa shape index (κ1) is 18.7. The molecule has 3 heterocycles. The molecule has 0 bridgehead atoms. The summed E-state index contributed by atoms with van der Waals surface area (Å²) >= 11 is 0. The first-order chi connectivity index (χ1) is 14.7. The lowest BCUT2D eigenvalue weighted by Crippen LogP contribution is -2.24. The summed E-state index contributed by atoms with van der Waals surface area (Å²) in [7, 11) is 0. The molecule has 4 N–H and O–H groups in total. The first-order valence-corrected chi connectivity index (χ1v) is 9.74. The van der Waals surface area contributed by atoms with E-state index < -0.39 is 18.4 Å². The Hall–Kier alpha value is -3.33. The standard InChI is InChI=1S/C22H21N5O3/c23-20-19-22(25-12-24-20)27(18-10-16(29)17(11-28)30-18)21(26-19)15-8-4-7-14(9-15)13-5-2-1-3-6-13/h1-9,12,16-18,28-29H,10-11H2,(H2,23,24,25)/t16-,17+,18+/m0/s1. The summed E-state index contributed by atoms with van der Waals surface area (Å²) in [6.07, 6.45) is -0.275. The Morgan fingerprint density at radius 3 is 2.57 bits per heavy atom. The lowest BCUT2D eigenvalue weighted by molar-refractivity contribution is -0.0426. The molecule has 1 saturated heterocycles. The van der Waals surface area contributed by atoms with Gasteiger partial charge in [-0.15, -0.1) is 0 Å². The molecule has 2 aromatic carbocycles. The van der Waals surface area contributed by atoms with E-state index in [1.807, 2.05) is 59.2 Å². The van der Waals surface area contributed by atoms with E-state index in [1.54, 1.807) is 0 Å². The highest BCUT2D eigenvalue weighted by molar-refractivity contribution is 5.86. The molecule has 0 unspecified atom stereocenters. The monoisotopic (exact) mass is 403 g/mol. The van der Waals surface area contributed by atoms with E-state index in [0.29, 0.717) is 23.4 Å². The van der Waals surface area contributed by atoms with Crippen LogP contribution in [0.3, 0.4) is 0 Å². The van der Waals surface area contributed by atoms with Crippen molar-refractivity contribution in [2.75, 3.05) is 12.3 Å². The molecule has 3 atom stereocenters. The van der Waals surface area contributed by atoms with Gasteiger partial charge in [0.2, 0.25) is 0 Å². The van der Waals surface area contributed by atoms with Crippen molar-refractivity contribution in [1.29, 1.82) is 0 Å². The number of aliphatic hydroxyl groups is 2. The zero-order valence-electron chi connectivity index (χ0n) is 16.1. The second-order valence-electron chi connectivity index (χ2n) is 7.30. The van der Waals surface area contributed by atoms with Gasteiger partial charge in [-0.3, -0.25) is 4.57 Å². The molecule has 0 amide bonds. The summed E-state index contributed by atoms with van der Waals surface area (Å²) in [5.41, 5.74) is 10.1. The molecule has 0 saturated carbocycles. The van der Waals surface area contributed by atoms with Gasteiger partial charge in [0.25, 0.3) is 0 Å². The molecular formula is C22H21N5O3. The minimum atomic E-state index is -0.778. The van der Waals surface area contributed by atoms with Crippen molar-refractivity contribution in [2.45, 2.75) is 24.9 Å². The Balaban J connectivity index is 1.68. The van der Waals surface area contributed by atoms with Crippen molar-refractivity contribution in [3.8, 4) is 22.5 Å². The fourth-order valence-electron chi connectivity index (χ4n) is 3.91. The molecule has 30 heavy (non-hydrogen) atoms. The van der Waals surface area contributed by atoms with Crippen molar-refractivity contribution in [3.63, 3.8) is 0 Å². The number of nitrogen functional groups attached to an aromatic ring is 1. The quantitative estimate of drug-likeness (QED) is 0.479. The number of aliphatic hydroxyl groups excluding tert-OH is 2. The first-order valence-electron chi connectivity index (χ1n) is 9.74. The minimum absolute atomic E-state index is 0.264. The Bertz CT molecular complexity index is 1190. The van der Waals surface area contributed by atoms with Crippen LogP contribution in [0, 0.1) is 0 Å². The van der Waals surface area contributed by atoms with Crippen LogP contribution >= 0.6 is 0 Å². The van der Waals surface area contributed by atoms with Gasteiger partial charge in [0.15, 0.2) is 17.0 Å². The van der Waals surface area contributed by atoms with Crippen LogP contribution in [0.4, 0.5) is 5.82 Å². The fraction of sp³-hybridized carbons (Fsp3) is 0.227. The molecule has 0 aliphatic carbocycles. The lowest BCUT2D eigenvalue weighted by atomic mass is 10.0. The summed E-state index contributed by atoms with van der Waals surface area (Å²) in [5, 5.41) is 19.8. The Morgan fingerprint density at radius 2 is 1.80 bits per heavy atom. The summed E-state index contributed by atoms with van der Waals surface area (Å²) in [6.45, 7) is -0.264. The molecule has 2 aromatic heterocycles. The average Bonchev–Trinajstić information content (AvgIpc) is 3.35. The smallest absolute Gasteiger partial charge is 0.168 e. The van der Waals surface area contributed by atoms with Crippen LogP contribution in [0.15, 0.2) is 60.9 Å². The number of hydrogen-bond donors (Lipinski definition) is 3. The van der Waals surface area contributed by atoms with Crippen LogP contribution < -0.4 is 5.73 Å². The number of fused-ring (bicyclic) bond motifs is 1. The Labute approximate surface area is 172 Å². The SMILES string of the molecule is Nc1ncnc2c1nc(-c1cccc(-c3ccccc3)c1)n2[C@H]1C[C@H](O)[C@@H](CO)O1. The van der Waals surface area contributed by atoms with Gasteiger partial charge in [-0.1, -0.05) is 48.5 Å². The highest BCUT2D eigenvalue weighted by atomic mass is 16.5. The molecule has 0 spiro atoms. The molecule has 152 valence electrons. The fourth-order valence-corrected chi connectivity index (χ4v) is 3.91. The van der Waals surface area contributed by atoms with Gasteiger partial charge in [0.05, 0.1) is 12.7 Å². The normalized spacial score (nSPS) is 21.3. The van der Waals surface area contributed by atoms with Crippen LogP contribution in [0.5, 0.6) is 0 Å². The summed E-state index contributed by atoms with van der Waals surface area (Å²) in [4.78, 5) is 13.2. The molecule has 1 fully saturated rings. The van der Waals surface area contributed by atoms with Gasteiger partial charge in [0.1, 0.15) is 24.5 Å². The second-order valence-corrected chi connectivity index (χ2v) is 7.30. The number of aromatic nitrogens is 4. The number of anilines is 1. The maximum Gasteiger partial charge on any atom is 0.168 e. The third-order valence-electron chi connectivity index (χ3n) is 5.41. The van der Waals surface area contributed by atoms with Crippen molar-refractivity contribution in [3.05, 3.63) is 60.9 Å². The summed E-state index contributed by atoms with van der Waals surface area (Å²) in [6, 6.07) is 18.1. The zero-order chi connectivity index (χ0) is 20.7. The van der Waals surface area contributed by atoms with Gasteiger partial charge < -0.3 is 20.7 Å². The topological polar surface area (TPSA) is 119 Å². The molecule has 1 aliphatic heterocycles. The van der Waals surface area contributed by atoms with Crippen molar-refractivity contribution in [1.82, 2.24) is 19.5 Å². The van der Waals surface area contributed by atoms with E-state index in [2.05, 4.69) is 9.97 Å². The van der Waals surface area contributed by atoms with E-state index in [4.69, 9.17) is 15.5 Å². The van der Waals surface area contributed by atoms with Crippen LogP contribution in [0.2, 0.25) is 0 Å². The molecular weight excluding hydrogens is 382 g/mol. The van der Waals surface area contributed by atoms with Crippen LogP contribution in [0.1, 0.15) is 12.6 Å². The number of ether oxygens (including phenoxy) is 1. The van der Waals surface area contributed by atoms with E-state index in [-0.39, 0.29) is 12.4 Å². The van der Waals surface area contributed by atoms with Crippen LogP contribution in [-0.4, -0.2) is 48.5 Å². The maximum absolute atomic E-state index is 10.3. The third kappa shape index (κ3) is 3.11.